The summed E-state index contributed by atoms with van der Waals surface area (Å²) in [6, 6.07) is 8.77. The molecule has 3 fully saturated rings. The van der Waals surface area contributed by atoms with E-state index in [1.807, 2.05) is 36.7 Å². The summed E-state index contributed by atoms with van der Waals surface area (Å²) in [4.78, 5) is 32.1. The maximum absolute atomic E-state index is 11.6. The lowest BCUT2D eigenvalue weighted by Gasteiger charge is -2.44. The summed E-state index contributed by atoms with van der Waals surface area (Å²) in [7, 11) is 0. The van der Waals surface area contributed by atoms with Crippen LogP contribution < -0.4 is 4.74 Å². The van der Waals surface area contributed by atoms with Gasteiger partial charge in [-0.1, -0.05) is 31.4 Å². The lowest BCUT2D eigenvalue weighted by atomic mass is 9.77. The molecule has 4 heterocycles. The van der Waals surface area contributed by atoms with E-state index in [0.29, 0.717) is 24.3 Å². The second-order valence-corrected chi connectivity index (χ2v) is 13.7. The van der Waals surface area contributed by atoms with Gasteiger partial charge in [-0.25, -0.2) is 14.8 Å². The first-order chi connectivity index (χ1) is 22.6. The Bertz CT molecular complexity index is 1330. The smallest absolute Gasteiger partial charge is 0.344 e. The molecular formula is C36H53N7O3. The molecule has 0 atom stereocenters. The highest BCUT2D eigenvalue weighted by molar-refractivity contribution is 5.71. The Hall–Kier alpha value is -3.21. The van der Waals surface area contributed by atoms with Crippen LogP contribution in [0.3, 0.4) is 0 Å². The highest BCUT2D eigenvalue weighted by atomic mass is 16.6. The van der Waals surface area contributed by atoms with Crippen LogP contribution in [0.2, 0.25) is 0 Å². The molecule has 1 aromatic carbocycles. The number of esters is 1. The summed E-state index contributed by atoms with van der Waals surface area (Å²) >= 11 is 0. The van der Waals surface area contributed by atoms with Gasteiger partial charge in [-0.15, -0.1) is 0 Å². The van der Waals surface area contributed by atoms with E-state index in [1.165, 1.54) is 77.5 Å². The van der Waals surface area contributed by atoms with Crippen LogP contribution in [-0.4, -0.2) is 92.2 Å². The number of nitrogens with zero attached hydrogens (tertiary/aromatic N) is 6. The molecular weight excluding hydrogens is 578 g/mol. The van der Waals surface area contributed by atoms with Gasteiger partial charge in [-0.05, 0) is 94.7 Å². The lowest BCUT2D eigenvalue weighted by molar-refractivity contribution is -0.145. The van der Waals surface area contributed by atoms with Crippen molar-refractivity contribution in [1.82, 2.24) is 34.2 Å². The number of hydrogen-bond donors (Lipinski definition) is 1. The fourth-order valence-electron chi connectivity index (χ4n) is 7.85. The molecule has 0 unspecified atom stereocenters. The van der Waals surface area contributed by atoms with E-state index in [-0.39, 0.29) is 12.6 Å². The van der Waals surface area contributed by atoms with Crippen molar-refractivity contribution in [2.24, 2.45) is 5.41 Å². The second kappa shape index (κ2) is 16.1. The van der Waals surface area contributed by atoms with Crippen molar-refractivity contribution in [3.05, 3.63) is 66.3 Å². The minimum Gasteiger partial charge on any atom is -0.482 e. The molecule has 2 aromatic heterocycles. The van der Waals surface area contributed by atoms with Crippen LogP contribution in [0.25, 0.3) is 0 Å². The van der Waals surface area contributed by atoms with Crippen molar-refractivity contribution in [3.63, 3.8) is 0 Å². The van der Waals surface area contributed by atoms with Gasteiger partial charge < -0.3 is 28.8 Å². The maximum atomic E-state index is 11.6. The first-order valence-electron chi connectivity index (χ1n) is 17.6. The minimum atomic E-state index is -0.360. The molecule has 3 aliphatic rings. The van der Waals surface area contributed by atoms with Gasteiger partial charge in [0.15, 0.2) is 6.61 Å². The molecule has 46 heavy (non-hydrogen) atoms. The van der Waals surface area contributed by atoms with Crippen LogP contribution >= 0.6 is 0 Å². The molecule has 2 aliphatic heterocycles. The molecule has 10 nitrogen and oxygen atoms in total. The lowest BCUT2D eigenvalue weighted by Crippen LogP contribution is -2.46. The van der Waals surface area contributed by atoms with E-state index in [0.717, 1.165) is 55.9 Å². The molecule has 1 N–H and O–H groups in total. The van der Waals surface area contributed by atoms with Crippen molar-refractivity contribution >= 4 is 5.97 Å². The zero-order valence-electron chi connectivity index (χ0n) is 27.7. The van der Waals surface area contributed by atoms with Gasteiger partial charge in [0.25, 0.3) is 0 Å². The Balaban J connectivity index is 0.981. The van der Waals surface area contributed by atoms with E-state index in [9.17, 15) is 4.79 Å². The average Bonchev–Trinajstić information content (AvgIpc) is 3.85. The third-order valence-corrected chi connectivity index (χ3v) is 10.4. The van der Waals surface area contributed by atoms with Crippen LogP contribution in [0, 0.1) is 5.41 Å². The SMILES string of the molecule is CCOC(=O)COc1ccc(CN(Cc2ncc[nH]2)Cc2nccn2CCCN2CCC3(CCN(C4CCCCC4)CC3)C2)cc1. The predicted molar refractivity (Wildman–Crippen MR) is 178 cm³/mol. The van der Waals surface area contributed by atoms with Crippen LogP contribution in [0.1, 0.15) is 81.9 Å². The van der Waals surface area contributed by atoms with Gasteiger partial charge in [-0.3, -0.25) is 4.90 Å². The number of ether oxygens (including phenoxy) is 2. The van der Waals surface area contributed by atoms with Crippen LogP contribution in [0.15, 0.2) is 49.1 Å². The zero-order chi connectivity index (χ0) is 31.6. The van der Waals surface area contributed by atoms with Gasteiger partial charge in [0.05, 0.1) is 19.7 Å². The first-order valence-corrected chi connectivity index (χ1v) is 17.6. The van der Waals surface area contributed by atoms with Crippen LogP contribution in [0.5, 0.6) is 5.75 Å². The summed E-state index contributed by atoms with van der Waals surface area (Å²) < 4.78 is 12.9. The monoisotopic (exact) mass is 631 g/mol. The summed E-state index contributed by atoms with van der Waals surface area (Å²) in [5, 5.41) is 0. The van der Waals surface area contributed by atoms with E-state index in [2.05, 4.69) is 35.4 Å². The number of imidazole rings is 2. The Kier molecular flexibility index (Phi) is 11.4. The highest BCUT2D eigenvalue weighted by Crippen LogP contribution is 2.41. The third kappa shape index (κ3) is 8.98. The number of H-pyrrole nitrogens is 1. The van der Waals surface area contributed by atoms with E-state index in [4.69, 9.17) is 14.5 Å². The van der Waals surface area contributed by atoms with E-state index in [1.54, 1.807) is 13.1 Å². The molecule has 0 amide bonds. The number of aromatic amines is 1. The Morgan fingerprint density at radius 2 is 1.78 bits per heavy atom. The number of aromatic nitrogens is 4. The largest absolute Gasteiger partial charge is 0.482 e. The molecule has 6 rings (SSSR count). The topological polar surface area (TPSA) is 91.8 Å². The number of carbonyl (C=O) groups excluding carboxylic acids is 1. The van der Waals surface area contributed by atoms with Gasteiger partial charge in [-0.2, -0.15) is 0 Å². The number of hydrogen-bond acceptors (Lipinski definition) is 8. The zero-order valence-corrected chi connectivity index (χ0v) is 27.7. The normalized spacial score (nSPS) is 19.3. The fourth-order valence-corrected chi connectivity index (χ4v) is 7.85. The van der Waals surface area contributed by atoms with Crippen molar-refractivity contribution in [2.75, 3.05) is 45.9 Å². The van der Waals surface area contributed by atoms with Crippen molar-refractivity contribution in [1.29, 1.82) is 0 Å². The van der Waals surface area contributed by atoms with E-state index < -0.39 is 0 Å². The number of likely N-dealkylation sites (tertiary alicyclic amines) is 2. The molecule has 2 saturated heterocycles. The highest BCUT2D eigenvalue weighted by Gasteiger charge is 2.41. The maximum Gasteiger partial charge on any atom is 0.344 e. The van der Waals surface area contributed by atoms with Gasteiger partial charge >= 0.3 is 5.97 Å². The van der Waals surface area contributed by atoms with Crippen LogP contribution in [-0.2, 0) is 35.7 Å². The molecule has 1 spiro atoms. The number of aryl methyl sites for hydroxylation is 1. The summed E-state index contributed by atoms with van der Waals surface area (Å²) in [6.45, 7) is 11.5. The Labute approximate surface area is 274 Å². The predicted octanol–water partition coefficient (Wildman–Crippen LogP) is 5.26. The Morgan fingerprint density at radius 1 is 0.978 bits per heavy atom. The molecule has 0 radical (unpaired) electrons. The molecule has 10 heteroatoms. The molecule has 1 saturated carbocycles. The summed E-state index contributed by atoms with van der Waals surface area (Å²) in [5.74, 6) is 2.30. The summed E-state index contributed by atoms with van der Waals surface area (Å²) in [6.07, 6.45) is 20.2. The fraction of sp³-hybridized carbons (Fsp3) is 0.639. The van der Waals surface area contributed by atoms with Gasteiger partial charge in [0.1, 0.15) is 17.4 Å². The molecule has 0 bridgehead atoms. The summed E-state index contributed by atoms with van der Waals surface area (Å²) in [5.41, 5.74) is 1.71. The van der Waals surface area contributed by atoms with Crippen molar-refractivity contribution in [2.45, 2.75) is 96.9 Å². The standard InChI is InChI=1S/C36H53N7O3/c1-2-45-35(44)28-46-32-11-9-30(10-12-32)25-41(26-33-37-16-17-38-33)27-34-39-18-24-43(34)20-6-19-40-21-13-36(29-40)14-22-42(23-15-36)31-7-4-3-5-8-31/h9-12,16-18,24,31H,2-8,13-15,19-23,25-29H2,1H3,(H,37,38). The average molecular weight is 632 g/mol. The van der Waals surface area contributed by atoms with E-state index >= 15 is 0 Å². The molecule has 1 aliphatic carbocycles. The molecule has 3 aromatic rings. The number of rotatable bonds is 15. The quantitative estimate of drug-likeness (QED) is 0.227. The second-order valence-electron chi connectivity index (χ2n) is 13.7. The minimum absolute atomic E-state index is 0.0851. The number of carbonyl (C=O) groups is 1. The third-order valence-electron chi connectivity index (χ3n) is 10.4. The van der Waals surface area contributed by atoms with Crippen LogP contribution in [0.4, 0.5) is 0 Å². The number of benzene rings is 1. The van der Waals surface area contributed by atoms with Crippen molar-refractivity contribution in [3.8, 4) is 5.75 Å². The van der Waals surface area contributed by atoms with Gasteiger partial charge in [0.2, 0.25) is 0 Å². The Morgan fingerprint density at radius 3 is 2.54 bits per heavy atom. The number of piperidine rings is 1. The molecule has 250 valence electrons. The first kappa shape index (κ1) is 32.7. The van der Waals surface area contributed by atoms with Crippen molar-refractivity contribution < 1.29 is 14.3 Å². The number of nitrogens with one attached hydrogen (secondary N) is 1. The van der Waals surface area contributed by atoms with Gasteiger partial charge in [0, 0.05) is 50.5 Å².